The highest BCUT2D eigenvalue weighted by Crippen LogP contribution is 2.36. The van der Waals surface area contributed by atoms with Crippen molar-refractivity contribution in [3.63, 3.8) is 0 Å². The average molecular weight is 237 g/mol. The molecular weight excluding hydrogens is 214 g/mol. The van der Waals surface area contributed by atoms with Gasteiger partial charge in [0, 0.05) is 5.92 Å². The van der Waals surface area contributed by atoms with Gasteiger partial charge in [0.1, 0.15) is 0 Å². The predicted octanol–water partition coefficient (Wildman–Crippen LogP) is 2.99. The zero-order valence-electron chi connectivity index (χ0n) is 10.7. The van der Waals surface area contributed by atoms with Gasteiger partial charge in [0.05, 0.1) is 6.54 Å². The molecule has 1 aromatic heterocycles. The van der Waals surface area contributed by atoms with Gasteiger partial charge >= 0.3 is 0 Å². The monoisotopic (exact) mass is 237 g/mol. The first-order valence-corrected chi connectivity index (χ1v) is 6.85. The Bertz CT molecular complexity index is 329. The molecule has 0 spiro atoms. The minimum absolute atomic E-state index is 0.346. The van der Waals surface area contributed by atoms with Crippen molar-refractivity contribution >= 4 is 0 Å². The summed E-state index contributed by atoms with van der Waals surface area (Å²) < 4.78 is 5.54. The summed E-state index contributed by atoms with van der Waals surface area (Å²) >= 11 is 0. The number of rotatable bonds is 5. The smallest absolute Gasteiger partial charge is 0.230 e. The van der Waals surface area contributed by atoms with E-state index in [0.29, 0.717) is 18.4 Å². The van der Waals surface area contributed by atoms with Crippen LogP contribution in [0.3, 0.4) is 0 Å². The lowest BCUT2D eigenvalue weighted by Crippen LogP contribution is -2.13. The van der Waals surface area contributed by atoms with Crippen LogP contribution in [0.2, 0.25) is 0 Å². The summed E-state index contributed by atoms with van der Waals surface area (Å²) in [5, 5.41) is 8.04. The van der Waals surface area contributed by atoms with Crippen LogP contribution in [0.25, 0.3) is 0 Å². The van der Waals surface area contributed by atoms with Crippen LogP contribution in [0.15, 0.2) is 4.42 Å². The quantitative estimate of drug-likeness (QED) is 0.855. The highest BCUT2D eigenvalue weighted by Gasteiger charge is 2.25. The first kappa shape index (κ1) is 12.6. The highest BCUT2D eigenvalue weighted by molar-refractivity contribution is 4.94. The van der Waals surface area contributed by atoms with Crippen LogP contribution in [0.4, 0.5) is 0 Å². The minimum Gasteiger partial charge on any atom is -0.424 e. The van der Waals surface area contributed by atoms with E-state index in [-0.39, 0.29) is 0 Å². The third kappa shape index (κ3) is 3.28. The number of nitrogens with two attached hydrogens (primary N) is 1. The van der Waals surface area contributed by atoms with Crippen molar-refractivity contribution in [2.45, 2.75) is 64.3 Å². The SMILES string of the molecule is CCCCC1CCC(c2nnc(CN)o2)CC1. The van der Waals surface area contributed by atoms with Gasteiger partial charge < -0.3 is 10.2 Å². The van der Waals surface area contributed by atoms with Gasteiger partial charge in [0.25, 0.3) is 0 Å². The Kier molecular flexibility index (Phi) is 4.54. The van der Waals surface area contributed by atoms with Crippen LogP contribution in [0.5, 0.6) is 0 Å². The van der Waals surface area contributed by atoms with E-state index in [4.69, 9.17) is 10.2 Å². The summed E-state index contributed by atoms with van der Waals surface area (Å²) in [4.78, 5) is 0. The van der Waals surface area contributed by atoms with Crippen molar-refractivity contribution in [3.05, 3.63) is 11.8 Å². The third-order valence-corrected chi connectivity index (χ3v) is 3.82. The van der Waals surface area contributed by atoms with E-state index in [1.54, 1.807) is 0 Å². The molecule has 1 saturated carbocycles. The molecule has 0 amide bonds. The van der Waals surface area contributed by atoms with Gasteiger partial charge in [-0.2, -0.15) is 0 Å². The fourth-order valence-electron chi connectivity index (χ4n) is 2.70. The Hall–Kier alpha value is -0.900. The molecule has 17 heavy (non-hydrogen) atoms. The van der Waals surface area contributed by atoms with Crippen molar-refractivity contribution in [2.24, 2.45) is 11.7 Å². The number of unbranched alkanes of at least 4 members (excludes halogenated alkanes) is 1. The van der Waals surface area contributed by atoms with Crippen LogP contribution >= 0.6 is 0 Å². The van der Waals surface area contributed by atoms with E-state index in [1.807, 2.05) is 0 Å². The van der Waals surface area contributed by atoms with Gasteiger partial charge in [0.2, 0.25) is 11.8 Å². The second-order valence-corrected chi connectivity index (χ2v) is 5.10. The zero-order chi connectivity index (χ0) is 12.1. The molecule has 0 bridgehead atoms. The molecule has 0 unspecified atom stereocenters. The molecule has 2 rings (SSSR count). The average Bonchev–Trinajstić information content (AvgIpc) is 2.86. The van der Waals surface area contributed by atoms with Gasteiger partial charge in [-0.25, -0.2) is 0 Å². The Morgan fingerprint density at radius 2 is 2.00 bits per heavy atom. The Morgan fingerprint density at radius 1 is 1.24 bits per heavy atom. The molecule has 0 aliphatic heterocycles. The van der Waals surface area contributed by atoms with Crippen molar-refractivity contribution in [3.8, 4) is 0 Å². The van der Waals surface area contributed by atoms with Gasteiger partial charge in [-0.3, -0.25) is 0 Å². The summed E-state index contributed by atoms with van der Waals surface area (Å²) in [6.45, 7) is 2.61. The van der Waals surface area contributed by atoms with Gasteiger partial charge in [-0.15, -0.1) is 10.2 Å². The van der Waals surface area contributed by atoms with Crippen molar-refractivity contribution < 1.29 is 4.42 Å². The fraction of sp³-hybridized carbons (Fsp3) is 0.846. The maximum Gasteiger partial charge on any atom is 0.230 e. The van der Waals surface area contributed by atoms with Crippen LogP contribution in [-0.4, -0.2) is 10.2 Å². The molecule has 4 heteroatoms. The van der Waals surface area contributed by atoms with E-state index in [1.165, 1.54) is 44.9 Å². The molecule has 1 aliphatic rings. The molecule has 96 valence electrons. The highest BCUT2D eigenvalue weighted by atomic mass is 16.4. The molecule has 4 nitrogen and oxygen atoms in total. The van der Waals surface area contributed by atoms with Crippen LogP contribution < -0.4 is 5.73 Å². The molecule has 1 aromatic rings. The van der Waals surface area contributed by atoms with E-state index in [2.05, 4.69) is 17.1 Å². The van der Waals surface area contributed by atoms with Gasteiger partial charge in [-0.05, 0) is 31.6 Å². The topological polar surface area (TPSA) is 64.9 Å². The van der Waals surface area contributed by atoms with Crippen molar-refractivity contribution in [1.29, 1.82) is 0 Å². The van der Waals surface area contributed by atoms with Crippen LogP contribution in [-0.2, 0) is 6.54 Å². The Labute approximate surface area is 103 Å². The summed E-state index contributed by atoms with van der Waals surface area (Å²) in [5.74, 6) is 2.76. The number of nitrogens with zero attached hydrogens (tertiary/aromatic N) is 2. The summed E-state index contributed by atoms with van der Waals surface area (Å²) in [5.41, 5.74) is 5.47. The van der Waals surface area contributed by atoms with Gasteiger partial charge in [-0.1, -0.05) is 26.2 Å². The second-order valence-electron chi connectivity index (χ2n) is 5.10. The molecule has 2 N–H and O–H groups in total. The second kappa shape index (κ2) is 6.15. The van der Waals surface area contributed by atoms with Crippen LogP contribution in [0, 0.1) is 5.92 Å². The molecule has 1 heterocycles. The van der Waals surface area contributed by atoms with Crippen LogP contribution in [0.1, 0.15) is 69.6 Å². The third-order valence-electron chi connectivity index (χ3n) is 3.82. The molecule has 0 radical (unpaired) electrons. The number of hydrogen-bond acceptors (Lipinski definition) is 4. The molecule has 1 aliphatic carbocycles. The largest absolute Gasteiger partial charge is 0.424 e. The fourth-order valence-corrected chi connectivity index (χ4v) is 2.70. The number of hydrogen-bond donors (Lipinski definition) is 1. The molecule has 0 aromatic carbocycles. The van der Waals surface area contributed by atoms with E-state index < -0.39 is 0 Å². The Morgan fingerprint density at radius 3 is 2.59 bits per heavy atom. The lowest BCUT2D eigenvalue weighted by Gasteiger charge is -2.26. The maximum atomic E-state index is 5.54. The molecule has 0 saturated heterocycles. The lowest BCUT2D eigenvalue weighted by atomic mass is 9.80. The lowest BCUT2D eigenvalue weighted by molar-refractivity contribution is 0.274. The summed E-state index contributed by atoms with van der Waals surface area (Å²) in [6, 6.07) is 0. The van der Waals surface area contributed by atoms with E-state index >= 15 is 0 Å². The van der Waals surface area contributed by atoms with Crippen molar-refractivity contribution in [2.75, 3.05) is 0 Å². The summed E-state index contributed by atoms with van der Waals surface area (Å²) in [6.07, 6.45) is 9.08. The predicted molar refractivity (Wildman–Crippen MR) is 66.4 cm³/mol. The maximum absolute atomic E-state index is 5.54. The standard InChI is InChI=1S/C13H23N3O/c1-2-3-4-10-5-7-11(8-6-10)13-16-15-12(9-14)17-13/h10-11H,2-9,14H2,1H3. The zero-order valence-corrected chi connectivity index (χ0v) is 10.7. The van der Waals surface area contributed by atoms with Crippen molar-refractivity contribution in [1.82, 2.24) is 10.2 Å². The van der Waals surface area contributed by atoms with Gasteiger partial charge in [0.15, 0.2) is 0 Å². The first-order chi connectivity index (χ1) is 8.33. The van der Waals surface area contributed by atoms with E-state index in [0.717, 1.165) is 11.8 Å². The Balaban J connectivity index is 1.82. The van der Waals surface area contributed by atoms with E-state index in [9.17, 15) is 0 Å². The first-order valence-electron chi connectivity index (χ1n) is 6.85. The summed E-state index contributed by atoms with van der Waals surface area (Å²) in [7, 11) is 0. The molecule has 0 atom stereocenters. The minimum atomic E-state index is 0.346. The molecular formula is C13H23N3O. The number of aromatic nitrogens is 2. The normalized spacial score (nSPS) is 25.1. The molecule has 1 fully saturated rings.